The van der Waals surface area contributed by atoms with Crippen molar-refractivity contribution in [3.05, 3.63) is 0 Å². The molecular formula is C25H46N2O7. The average molecular weight is 487 g/mol. The molecule has 2 atom stereocenters. The monoisotopic (exact) mass is 486 g/mol. The Morgan fingerprint density at radius 1 is 0.647 bits per heavy atom. The molecule has 0 aromatic rings. The van der Waals surface area contributed by atoms with Gasteiger partial charge in [-0.15, -0.1) is 0 Å². The van der Waals surface area contributed by atoms with Gasteiger partial charge >= 0.3 is 11.9 Å². The predicted octanol–water partition coefficient (Wildman–Crippen LogP) is 3.16. The van der Waals surface area contributed by atoms with Crippen LogP contribution in [0.4, 0.5) is 0 Å². The number of hydrogen-bond acceptors (Lipinski definition) is 7. The fourth-order valence-electron chi connectivity index (χ4n) is 3.18. The highest BCUT2D eigenvalue weighted by atomic mass is 16.6. The number of aliphatic hydroxyl groups is 1. The number of unbranched alkanes of at least 4 members (excludes halogenated alkanes) is 8. The van der Waals surface area contributed by atoms with Crippen LogP contribution in [0.2, 0.25) is 0 Å². The van der Waals surface area contributed by atoms with Crippen molar-refractivity contribution in [3.8, 4) is 0 Å². The number of esters is 2. The summed E-state index contributed by atoms with van der Waals surface area (Å²) in [7, 11) is 0. The minimum atomic E-state index is -1.21. The number of aliphatic hydroxyl groups excluding tert-OH is 1. The van der Waals surface area contributed by atoms with Crippen LogP contribution in [0.15, 0.2) is 0 Å². The maximum atomic E-state index is 12.0. The first kappa shape index (κ1) is 31.8. The fraction of sp³-hybridized carbons (Fsp3) is 0.840. The minimum Gasteiger partial charge on any atom is -0.461 e. The van der Waals surface area contributed by atoms with Gasteiger partial charge in [0.25, 0.3) is 0 Å². The summed E-state index contributed by atoms with van der Waals surface area (Å²) in [5.74, 6) is -1.78. The van der Waals surface area contributed by atoms with Crippen molar-refractivity contribution in [1.82, 2.24) is 10.6 Å². The third-order valence-electron chi connectivity index (χ3n) is 5.31. The van der Waals surface area contributed by atoms with E-state index < -0.39 is 30.1 Å². The van der Waals surface area contributed by atoms with E-state index in [0.717, 1.165) is 64.2 Å². The summed E-state index contributed by atoms with van der Waals surface area (Å²) in [6, 6.07) is -1.68. The first-order valence-corrected chi connectivity index (χ1v) is 12.8. The predicted molar refractivity (Wildman–Crippen MR) is 130 cm³/mol. The van der Waals surface area contributed by atoms with Crippen molar-refractivity contribution >= 4 is 23.8 Å². The molecule has 0 aromatic heterocycles. The van der Waals surface area contributed by atoms with E-state index >= 15 is 0 Å². The quantitative estimate of drug-likeness (QED) is 0.178. The Morgan fingerprint density at radius 3 is 1.35 bits per heavy atom. The highest BCUT2D eigenvalue weighted by Gasteiger charge is 2.21. The van der Waals surface area contributed by atoms with Crippen molar-refractivity contribution in [2.24, 2.45) is 0 Å². The van der Waals surface area contributed by atoms with E-state index in [-0.39, 0.29) is 25.0 Å². The number of carbonyl (C=O) groups excluding carboxylic acids is 4. The molecule has 0 aromatic carbocycles. The van der Waals surface area contributed by atoms with Gasteiger partial charge in [-0.3, -0.25) is 9.59 Å². The van der Waals surface area contributed by atoms with Crippen molar-refractivity contribution < 1.29 is 33.8 Å². The number of hydrogen-bond donors (Lipinski definition) is 3. The van der Waals surface area contributed by atoms with Crippen LogP contribution >= 0.6 is 0 Å². The Bertz CT molecular complexity index is 548. The normalized spacial score (nSPS) is 12.6. The SMILES string of the molecule is CCCCCCCC(=O)N[C@@H](C)C(=O)OCC(O)COC(=O)[C@H](C)NC(=O)CCCCCCC. The van der Waals surface area contributed by atoms with Crippen LogP contribution in [0.25, 0.3) is 0 Å². The summed E-state index contributed by atoms with van der Waals surface area (Å²) in [5.41, 5.74) is 0. The molecule has 0 spiro atoms. The maximum absolute atomic E-state index is 12.0. The van der Waals surface area contributed by atoms with Gasteiger partial charge in [0, 0.05) is 12.8 Å². The highest BCUT2D eigenvalue weighted by Crippen LogP contribution is 2.06. The molecule has 2 amide bonds. The van der Waals surface area contributed by atoms with Crippen LogP contribution in [0.1, 0.15) is 105 Å². The number of carbonyl (C=O) groups is 4. The third kappa shape index (κ3) is 17.3. The van der Waals surface area contributed by atoms with Gasteiger partial charge in [-0.2, -0.15) is 0 Å². The van der Waals surface area contributed by atoms with Gasteiger partial charge in [0.1, 0.15) is 31.4 Å². The van der Waals surface area contributed by atoms with Crippen LogP contribution in [0.5, 0.6) is 0 Å². The van der Waals surface area contributed by atoms with E-state index in [2.05, 4.69) is 24.5 Å². The Labute approximate surface area is 204 Å². The van der Waals surface area contributed by atoms with Crippen LogP contribution < -0.4 is 10.6 Å². The van der Waals surface area contributed by atoms with Gasteiger partial charge in [-0.25, -0.2) is 9.59 Å². The Kier molecular flexibility index (Phi) is 18.9. The third-order valence-corrected chi connectivity index (χ3v) is 5.31. The van der Waals surface area contributed by atoms with Crippen LogP contribution in [-0.2, 0) is 28.7 Å². The lowest BCUT2D eigenvalue weighted by molar-refractivity contribution is -0.156. The molecule has 9 nitrogen and oxygen atoms in total. The topological polar surface area (TPSA) is 131 Å². The number of rotatable bonds is 20. The summed E-state index contributed by atoms with van der Waals surface area (Å²) in [4.78, 5) is 47.8. The molecule has 0 saturated carbocycles. The van der Waals surface area contributed by atoms with Gasteiger partial charge in [-0.05, 0) is 26.7 Å². The molecule has 198 valence electrons. The lowest BCUT2D eigenvalue weighted by Crippen LogP contribution is -2.41. The average Bonchev–Trinajstić information content (AvgIpc) is 2.80. The van der Waals surface area contributed by atoms with Crippen molar-refractivity contribution in [1.29, 1.82) is 0 Å². The van der Waals surface area contributed by atoms with Crippen LogP contribution in [0, 0.1) is 0 Å². The van der Waals surface area contributed by atoms with Gasteiger partial charge < -0.3 is 25.2 Å². The number of ether oxygens (including phenoxy) is 2. The molecule has 0 rings (SSSR count). The van der Waals surface area contributed by atoms with Gasteiger partial charge in [0.05, 0.1) is 0 Å². The summed E-state index contributed by atoms with van der Waals surface area (Å²) in [6.45, 7) is 6.52. The molecule has 9 heteroatoms. The Balaban J connectivity index is 4.02. The second-order valence-corrected chi connectivity index (χ2v) is 8.82. The molecule has 34 heavy (non-hydrogen) atoms. The molecule has 0 heterocycles. The fourth-order valence-corrected chi connectivity index (χ4v) is 3.18. The van der Waals surface area contributed by atoms with E-state index in [9.17, 15) is 24.3 Å². The second-order valence-electron chi connectivity index (χ2n) is 8.82. The molecule has 0 radical (unpaired) electrons. The molecule has 0 bridgehead atoms. The summed E-state index contributed by atoms with van der Waals surface area (Å²) in [5, 5.41) is 15.1. The summed E-state index contributed by atoms with van der Waals surface area (Å²) in [6.07, 6.45) is 9.75. The van der Waals surface area contributed by atoms with Crippen molar-refractivity contribution in [2.45, 2.75) is 123 Å². The Hall–Kier alpha value is -2.16. The smallest absolute Gasteiger partial charge is 0.328 e. The zero-order valence-corrected chi connectivity index (χ0v) is 21.5. The van der Waals surface area contributed by atoms with E-state index in [0.29, 0.717) is 12.8 Å². The second kappa shape index (κ2) is 20.2. The molecule has 0 unspecified atom stereocenters. The number of nitrogens with one attached hydrogen (secondary N) is 2. The van der Waals surface area contributed by atoms with E-state index in [1.807, 2.05) is 0 Å². The highest BCUT2D eigenvalue weighted by molar-refractivity contribution is 5.84. The van der Waals surface area contributed by atoms with Crippen molar-refractivity contribution in [3.63, 3.8) is 0 Å². The first-order valence-electron chi connectivity index (χ1n) is 12.8. The maximum Gasteiger partial charge on any atom is 0.328 e. The van der Waals surface area contributed by atoms with E-state index in [1.54, 1.807) is 0 Å². The Morgan fingerprint density at radius 2 is 1.00 bits per heavy atom. The number of amides is 2. The summed E-state index contributed by atoms with van der Waals surface area (Å²) < 4.78 is 9.98. The van der Waals surface area contributed by atoms with Gasteiger partial charge in [0.15, 0.2) is 0 Å². The first-order chi connectivity index (χ1) is 16.2. The molecule has 0 aliphatic rings. The van der Waals surface area contributed by atoms with E-state index in [4.69, 9.17) is 9.47 Å². The largest absolute Gasteiger partial charge is 0.461 e. The van der Waals surface area contributed by atoms with E-state index in [1.165, 1.54) is 13.8 Å². The van der Waals surface area contributed by atoms with Gasteiger partial charge in [-0.1, -0.05) is 65.2 Å². The minimum absolute atomic E-state index is 0.215. The lowest BCUT2D eigenvalue weighted by Gasteiger charge is -2.17. The molecular weight excluding hydrogens is 440 g/mol. The van der Waals surface area contributed by atoms with Crippen LogP contribution in [0.3, 0.4) is 0 Å². The zero-order chi connectivity index (χ0) is 25.8. The molecule has 0 saturated heterocycles. The molecule has 0 aliphatic heterocycles. The summed E-state index contributed by atoms with van der Waals surface area (Å²) >= 11 is 0. The molecule has 0 fully saturated rings. The standard InChI is InChI=1S/C25H46N2O7/c1-5-7-9-11-13-15-22(29)26-19(3)24(31)33-17-21(28)18-34-25(32)20(4)27-23(30)16-14-12-10-8-6-2/h19-21,28H,5-18H2,1-4H3,(H,26,29)(H,27,30)/t19-,20-/m0/s1. The van der Waals surface area contributed by atoms with Crippen LogP contribution in [-0.4, -0.2) is 60.3 Å². The zero-order valence-electron chi connectivity index (χ0n) is 21.5. The lowest BCUT2D eigenvalue weighted by atomic mass is 10.1. The van der Waals surface area contributed by atoms with Crippen molar-refractivity contribution in [2.75, 3.05) is 13.2 Å². The molecule has 0 aliphatic carbocycles. The van der Waals surface area contributed by atoms with Gasteiger partial charge in [0.2, 0.25) is 11.8 Å². The molecule has 3 N–H and O–H groups in total.